The zero-order valence-electron chi connectivity index (χ0n) is 14.4. The molecule has 3 rings (SSSR count). The van der Waals surface area contributed by atoms with Crippen LogP contribution in [0.25, 0.3) is 0 Å². The summed E-state index contributed by atoms with van der Waals surface area (Å²) < 4.78 is 6.76. The van der Waals surface area contributed by atoms with Crippen molar-refractivity contribution in [1.29, 1.82) is 0 Å². The van der Waals surface area contributed by atoms with Gasteiger partial charge in [-0.05, 0) is 0 Å². The molecule has 3 heteroatoms. The Hall–Kier alpha value is -2.31. The van der Waals surface area contributed by atoms with Crippen LogP contribution in [-0.4, -0.2) is 20.8 Å². The monoisotopic (exact) mass is 337 g/mol. The third-order valence-electron chi connectivity index (χ3n) is 4.31. The fourth-order valence-electron chi connectivity index (χ4n) is 2.93. The molecular weight excluding hydrogens is 313 g/mol. The summed E-state index contributed by atoms with van der Waals surface area (Å²) in [5.41, 5.74) is 1.10. The minimum absolute atomic E-state index is 0.935. The Morgan fingerprint density at radius 1 is 0.667 bits per heavy atom. The van der Waals surface area contributed by atoms with Crippen LogP contribution in [-0.2, 0) is 0 Å². The van der Waals surface area contributed by atoms with Crippen molar-refractivity contribution in [3.63, 3.8) is 0 Å². The number of hydrogen-bond acceptors (Lipinski definition) is 2. The van der Waals surface area contributed by atoms with Gasteiger partial charge in [-0.25, -0.2) is 0 Å². The van der Waals surface area contributed by atoms with Gasteiger partial charge in [-0.2, -0.15) is 0 Å². The zero-order valence-corrected chi connectivity index (χ0v) is 15.4. The first-order chi connectivity index (χ1) is 11.6. The number of hydrogen-bond donors (Lipinski definition) is 0. The van der Waals surface area contributed by atoms with E-state index in [9.17, 15) is 0 Å². The van der Waals surface area contributed by atoms with Crippen molar-refractivity contribution in [1.82, 2.24) is 0 Å². The summed E-state index contributed by atoms with van der Waals surface area (Å²) >= 11 is 0. The summed E-state index contributed by atoms with van der Waals surface area (Å²) in [6.45, 7) is 2.27. The average molecular weight is 337 g/mol. The van der Waals surface area contributed by atoms with Gasteiger partial charge in [0, 0.05) is 0 Å². The molecule has 0 saturated carbocycles. The van der Waals surface area contributed by atoms with Crippen LogP contribution in [0.2, 0.25) is 0 Å². The molecule has 24 heavy (non-hydrogen) atoms. The van der Waals surface area contributed by atoms with Crippen LogP contribution in [0.4, 0.5) is 5.69 Å². The van der Waals surface area contributed by atoms with Crippen LogP contribution in [0.5, 0.6) is 5.75 Å². The zero-order chi connectivity index (χ0) is 17.0. The van der Waals surface area contributed by atoms with Crippen LogP contribution >= 0.6 is 7.49 Å². The second-order valence-corrected chi connectivity index (χ2v) is 9.65. The van der Waals surface area contributed by atoms with Gasteiger partial charge >= 0.3 is 145 Å². The van der Waals surface area contributed by atoms with E-state index in [0.717, 1.165) is 11.4 Å². The molecule has 0 aliphatic carbocycles. The first-order valence-corrected chi connectivity index (χ1v) is 10.6. The third kappa shape index (κ3) is 3.29. The summed E-state index contributed by atoms with van der Waals surface area (Å²) in [5, 5.41) is 2.54. The van der Waals surface area contributed by atoms with Crippen molar-refractivity contribution < 1.29 is 4.52 Å². The van der Waals surface area contributed by atoms with Crippen LogP contribution < -0.4 is 20.0 Å². The summed E-state index contributed by atoms with van der Waals surface area (Å²) in [6.07, 6.45) is 0. The molecule has 0 spiro atoms. The normalized spacial score (nSPS) is 11.8. The molecular formula is C21H24NOP. The Morgan fingerprint density at radius 3 is 1.62 bits per heavy atom. The molecule has 0 N–H and O–H groups in total. The van der Waals surface area contributed by atoms with E-state index in [2.05, 4.69) is 84.4 Å². The molecule has 0 atom stereocenters. The van der Waals surface area contributed by atoms with E-state index in [-0.39, 0.29) is 0 Å². The van der Waals surface area contributed by atoms with Crippen LogP contribution in [0, 0.1) is 0 Å². The van der Waals surface area contributed by atoms with E-state index < -0.39 is 7.49 Å². The van der Waals surface area contributed by atoms with Gasteiger partial charge in [0.05, 0.1) is 0 Å². The van der Waals surface area contributed by atoms with E-state index in [1.165, 1.54) is 10.6 Å². The van der Waals surface area contributed by atoms with E-state index in [0.29, 0.717) is 0 Å². The van der Waals surface area contributed by atoms with Crippen molar-refractivity contribution in [2.24, 2.45) is 0 Å². The Morgan fingerprint density at radius 2 is 1.12 bits per heavy atom. The Kier molecular flexibility index (Phi) is 4.87. The molecule has 0 bridgehead atoms. The molecule has 0 heterocycles. The number of benzene rings is 3. The number of anilines is 1. The van der Waals surface area contributed by atoms with Gasteiger partial charge in [0.1, 0.15) is 0 Å². The fraction of sp³-hybridized carbons (Fsp3) is 0.143. The summed E-state index contributed by atoms with van der Waals surface area (Å²) in [6, 6.07) is 29.4. The molecule has 3 aromatic rings. The van der Waals surface area contributed by atoms with Crippen molar-refractivity contribution in [3.8, 4) is 5.75 Å². The Labute approximate surface area is 145 Å². The van der Waals surface area contributed by atoms with Crippen molar-refractivity contribution in [2.75, 3.05) is 25.7 Å². The molecule has 2 nitrogen and oxygen atoms in total. The Balaban J connectivity index is 2.11. The van der Waals surface area contributed by atoms with Gasteiger partial charge in [-0.15, -0.1) is 0 Å². The van der Waals surface area contributed by atoms with Gasteiger partial charge in [0.15, 0.2) is 0 Å². The van der Waals surface area contributed by atoms with Gasteiger partial charge in [0.25, 0.3) is 0 Å². The van der Waals surface area contributed by atoms with Gasteiger partial charge in [-0.3, -0.25) is 0 Å². The molecule has 0 aliphatic heterocycles. The second-order valence-electron chi connectivity index (χ2n) is 6.23. The topological polar surface area (TPSA) is 12.5 Å². The number of para-hydroxylation sites is 2. The van der Waals surface area contributed by atoms with Gasteiger partial charge in [-0.1, -0.05) is 0 Å². The molecule has 0 fully saturated rings. The number of nitrogens with zero attached hydrogens (tertiary/aromatic N) is 1. The standard InChI is InChI=1S/C21H24NOP/c1-22(2)20-16-10-11-17-21(20)23-24(3,18-12-6-4-7-13-18)19-14-8-5-9-15-19/h4-17,24H,1-3H3. The van der Waals surface area contributed by atoms with Crippen LogP contribution in [0.15, 0.2) is 84.9 Å². The number of rotatable bonds is 5. The summed E-state index contributed by atoms with van der Waals surface area (Å²) in [4.78, 5) is 2.10. The molecule has 0 unspecified atom stereocenters. The van der Waals surface area contributed by atoms with E-state index >= 15 is 0 Å². The van der Waals surface area contributed by atoms with Crippen LogP contribution in [0.3, 0.4) is 0 Å². The molecule has 0 amide bonds. The van der Waals surface area contributed by atoms with Gasteiger partial charge in [0.2, 0.25) is 0 Å². The molecule has 0 aliphatic rings. The third-order valence-corrected chi connectivity index (χ3v) is 7.81. The maximum atomic E-state index is 6.76. The first-order valence-electron chi connectivity index (χ1n) is 8.17. The van der Waals surface area contributed by atoms with E-state index in [1.54, 1.807) is 0 Å². The first kappa shape index (κ1) is 16.5. The minimum atomic E-state index is -2.35. The molecule has 0 saturated heterocycles. The fourth-order valence-corrected chi connectivity index (χ4v) is 5.77. The van der Waals surface area contributed by atoms with Gasteiger partial charge < -0.3 is 0 Å². The Bertz CT molecular complexity index is 748. The predicted molar refractivity (Wildman–Crippen MR) is 108 cm³/mol. The quantitative estimate of drug-likeness (QED) is 0.651. The molecule has 0 aromatic heterocycles. The SMILES string of the molecule is CN(C)c1ccccc1O[PH](C)(c1ccccc1)c1ccccc1. The summed E-state index contributed by atoms with van der Waals surface area (Å²) in [7, 11) is 1.75. The second kappa shape index (κ2) is 7.07. The van der Waals surface area contributed by atoms with E-state index in [1.807, 2.05) is 26.2 Å². The molecule has 124 valence electrons. The summed E-state index contributed by atoms with van der Waals surface area (Å²) in [5.74, 6) is 0.935. The molecule has 3 aromatic carbocycles. The van der Waals surface area contributed by atoms with Crippen molar-refractivity contribution in [2.45, 2.75) is 0 Å². The van der Waals surface area contributed by atoms with Crippen molar-refractivity contribution in [3.05, 3.63) is 84.9 Å². The van der Waals surface area contributed by atoms with Crippen molar-refractivity contribution >= 4 is 23.8 Å². The molecule has 0 radical (unpaired) electrons. The predicted octanol–water partition coefficient (Wildman–Crippen LogP) is 4.08. The average Bonchev–Trinajstić information content (AvgIpc) is 2.63. The maximum absolute atomic E-state index is 6.76. The van der Waals surface area contributed by atoms with Crippen LogP contribution in [0.1, 0.15) is 0 Å². The van der Waals surface area contributed by atoms with E-state index in [4.69, 9.17) is 4.52 Å².